The minimum absolute atomic E-state index is 0.295. The third kappa shape index (κ3) is 2.24. The number of halogens is 1. The number of nitrogens with zero attached hydrogens (tertiary/aromatic N) is 3. The molecule has 1 saturated carbocycles. The lowest BCUT2D eigenvalue weighted by atomic mass is 10.0. The molecule has 94 valence electrons. The first kappa shape index (κ1) is 12.2. The van der Waals surface area contributed by atoms with E-state index >= 15 is 0 Å². The van der Waals surface area contributed by atoms with E-state index in [1.165, 1.54) is 6.33 Å². The van der Waals surface area contributed by atoms with Crippen molar-refractivity contribution in [2.45, 2.75) is 32.2 Å². The maximum Gasteiger partial charge on any atom is 0.186 e. The number of anilines is 1. The van der Waals surface area contributed by atoms with E-state index in [-0.39, 0.29) is 5.82 Å². The van der Waals surface area contributed by atoms with E-state index in [1.54, 1.807) is 6.92 Å². The number of nitrogens with two attached hydrogens (primary N) is 1. The third-order valence-corrected chi connectivity index (χ3v) is 3.70. The lowest BCUT2D eigenvalue weighted by Crippen LogP contribution is -2.38. The van der Waals surface area contributed by atoms with Gasteiger partial charge in [0.15, 0.2) is 11.6 Å². The molecule has 1 aromatic rings. The number of hydrogen-bond acceptors (Lipinski definition) is 4. The molecule has 0 spiro atoms. The van der Waals surface area contributed by atoms with Crippen LogP contribution in [-0.4, -0.2) is 29.6 Å². The van der Waals surface area contributed by atoms with Gasteiger partial charge in [-0.15, -0.1) is 0 Å². The van der Waals surface area contributed by atoms with Crippen molar-refractivity contribution < 1.29 is 4.39 Å². The maximum absolute atomic E-state index is 13.9. The van der Waals surface area contributed by atoms with Crippen LogP contribution in [0.5, 0.6) is 0 Å². The van der Waals surface area contributed by atoms with E-state index in [0.29, 0.717) is 30.0 Å². The van der Waals surface area contributed by atoms with Gasteiger partial charge in [0.2, 0.25) is 0 Å². The van der Waals surface area contributed by atoms with Crippen molar-refractivity contribution in [2.24, 2.45) is 11.7 Å². The molecule has 1 heterocycles. The van der Waals surface area contributed by atoms with Gasteiger partial charge in [0.25, 0.3) is 0 Å². The van der Waals surface area contributed by atoms with Gasteiger partial charge in [0.1, 0.15) is 6.33 Å². The fourth-order valence-electron chi connectivity index (χ4n) is 2.65. The fourth-order valence-corrected chi connectivity index (χ4v) is 2.65. The summed E-state index contributed by atoms with van der Waals surface area (Å²) in [6.07, 6.45) is 4.75. The third-order valence-electron chi connectivity index (χ3n) is 3.70. The molecule has 1 aliphatic carbocycles. The molecule has 0 bridgehead atoms. The molecule has 0 radical (unpaired) electrons. The first-order chi connectivity index (χ1) is 8.15. The molecule has 0 aromatic carbocycles. The fraction of sp³-hybridized carbons (Fsp3) is 0.667. The molecule has 0 aliphatic heterocycles. The number of hydrogen-bond donors (Lipinski definition) is 1. The lowest BCUT2D eigenvalue weighted by molar-refractivity contribution is 0.464. The average Bonchev–Trinajstić information content (AvgIpc) is 2.80. The summed E-state index contributed by atoms with van der Waals surface area (Å²) in [6.45, 7) is 2.31. The Morgan fingerprint density at radius 2 is 2.24 bits per heavy atom. The SMILES string of the molecule is Cc1ncnc(N(C)C2CCCC2CN)c1F. The highest BCUT2D eigenvalue weighted by molar-refractivity contribution is 5.41. The van der Waals surface area contributed by atoms with Crippen LogP contribution >= 0.6 is 0 Å². The minimum Gasteiger partial charge on any atom is -0.354 e. The monoisotopic (exact) mass is 238 g/mol. The Labute approximate surface area is 101 Å². The topological polar surface area (TPSA) is 55.0 Å². The molecular formula is C12H19FN4. The Kier molecular flexibility index (Phi) is 3.57. The number of rotatable bonds is 3. The normalized spacial score (nSPS) is 24.0. The molecule has 17 heavy (non-hydrogen) atoms. The summed E-state index contributed by atoms with van der Waals surface area (Å²) in [7, 11) is 1.89. The molecule has 0 saturated heterocycles. The highest BCUT2D eigenvalue weighted by Gasteiger charge is 2.31. The molecule has 1 aliphatic rings. The summed E-state index contributed by atoms with van der Waals surface area (Å²) in [5, 5.41) is 0. The van der Waals surface area contributed by atoms with Crippen LogP contribution in [0, 0.1) is 18.7 Å². The summed E-state index contributed by atoms with van der Waals surface area (Å²) in [5.74, 6) is 0.509. The maximum atomic E-state index is 13.9. The Morgan fingerprint density at radius 1 is 1.47 bits per heavy atom. The zero-order valence-corrected chi connectivity index (χ0v) is 10.4. The van der Waals surface area contributed by atoms with Gasteiger partial charge in [-0.25, -0.2) is 14.4 Å². The zero-order chi connectivity index (χ0) is 12.4. The van der Waals surface area contributed by atoms with Crippen molar-refractivity contribution in [3.63, 3.8) is 0 Å². The average molecular weight is 238 g/mol. The van der Waals surface area contributed by atoms with Crippen molar-refractivity contribution >= 4 is 5.82 Å². The van der Waals surface area contributed by atoms with Crippen LogP contribution in [0.1, 0.15) is 25.0 Å². The van der Waals surface area contributed by atoms with Crippen molar-refractivity contribution in [3.8, 4) is 0 Å². The predicted octanol–water partition coefficient (Wildman–Crippen LogP) is 1.49. The second-order valence-electron chi connectivity index (χ2n) is 4.70. The smallest absolute Gasteiger partial charge is 0.186 e. The van der Waals surface area contributed by atoms with E-state index in [9.17, 15) is 4.39 Å². The van der Waals surface area contributed by atoms with E-state index in [4.69, 9.17) is 5.73 Å². The van der Waals surface area contributed by atoms with E-state index in [0.717, 1.165) is 19.3 Å². The molecule has 0 amide bonds. The Morgan fingerprint density at radius 3 is 2.94 bits per heavy atom. The molecule has 4 nitrogen and oxygen atoms in total. The summed E-state index contributed by atoms with van der Waals surface area (Å²) in [4.78, 5) is 9.83. The summed E-state index contributed by atoms with van der Waals surface area (Å²) >= 11 is 0. The number of aromatic nitrogens is 2. The van der Waals surface area contributed by atoms with Crippen LogP contribution in [0.3, 0.4) is 0 Å². The van der Waals surface area contributed by atoms with E-state index in [1.807, 2.05) is 11.9 Å². The van der Waals surface area contributed by atoms with Gasteiger partial charge in [0.05, 0.1) is 5.69 Å². The van der Waals surface area contributed by atoms with Crippen LogP contribution in [-0.2, 0) is 0 Å². The summed E-state index contributed by atoms with van der Waals surface area (Å²) in [5.41, 5.74) is 6.15. The van der Waals surface area contributed by atoms with E-state index < -0.39 is 0 Å². The first-order valence-electron chi connectivity index (χ1n) is 6.05. The van der Waals surface area contributed by atoms with Crippen LogP contribution in [0.25, 0.3) is 0 Å². The standard InChI is InChI=1S/C12H19FN4/c1-8-11(13)12(16-7-15-8)17(2)10-5-3-4-9(10)6-14/h7,9-10H,3-6,14H2,1-2H3. The summed E-state index contributed by atoms with van der Waals surface area (Å²) in [6, 6.07) is 0.295. The quantitative estimate of drug-likeness (QED) is 0.866. The van der Waals surface area contributed by atoms with Gasteiger partial charge in [-0.1, -0.05) is 6.42 Å². The lowest BCUT2D eigenvalue weighted by Gasteiger charge is -2.30. The Balaban J connectivity index is 2.24. The van der Waals surface area contributed by atoms with Crippen LogP contribution in [0.4, 0.5) is 10.2 Å². The highest BCUT2D eigenvalue weighted by atomic mass is 19.1. The van der Waals surface area contributed by atoms with Crippen molar-refractivity contribution in [1.82, 2.24) is 9.97 Å². The number of aryl methyl sites for hydroxylation is 1. The molecule has 1 fully saturated rings. The molecule has 2 rings (SSSR count). The molecule has 1 aromatic heterocycles. The zero-order valence-electron chi connectivity index (χ0n) is 10.4. The molecule has 2 atom stereocenters. The van der Waals surface area contributed by atoms with Gasteiger partial charge in [-0.3, -0.25) is 0 Å². The van der Waals surface area contributed by atoms with Gasteiger partial charge in [0, 0.05) is 13.1 Å². The van der Waals surface area contributed by atoms with E-state index in [2.05, 4.69) is 9.97 Å². The van der Waals surface area contributed by atoms with Gasteiger partial charge in [-0.05, 0) is 32.2 Å². The highest BCUT2D eigenvalue weighted by Crippen LogP contribution is 2.31. The van der Waals surface area contributed by atoms with Crippen molar-refractivity contribution in [3.05, 3.63) is 17.8 Å². The van der Waals surface area contributed by atoms with Gasteiger partial charge < -0.3 is 10.6 Å². The molecule has 5 heteroatoms. The molecular weight excluding hydrogens is 219 g/mol. The molecule has 2 N–H and O–H groups in total. The van der Waals surface area contributed by atoms with Crippen molar-refractivity contribution in [2.75, 3.05) is 18.5 Å². The van der Waals surface area contributed by atoms with Crippen molar-refractivity contribution in [1.29, 1.82) is 0 Å². The van der Waals surface area contributed by atoms with Crippen LogP contribution < -0.4 is 10.6 Å². The summed E-state index contributed by atoms with van der Waals surface area (Å²) < 4.78 is 13.9. The Bertz CT molecular complexity index is 396. The van der Waals surface area contributed by atoms with Crippen LogP contribution in [0.15, 0.2) is 6.33 Å². The second-order valence-corrected chi connectivity index (χ2v) is 4.70. The Hall–Kier alpha value is -1.23. The molecule has 2 unspecified atom stereocenters. The second kappa shape index (κ2) is 4.96. The van der Waals surface area contributed by atoms with Gasteiger partial charge in [-0.2, -0.15) is 0 Å². The minimum atomic E-state index is -0.322. The first-order valence-corrected chi connectivity index (χ1v) is 6.05. The largest absolute Gasteiger partial charge is 0.354 e. The van der Waals surface area contributed by atoms with Crippen LogP contribution in [0.2, 0.25) is 0 Å². The predicted molar refractivity (Wildman–Crippen MR) is 65.3 cm³/mol. The van der Waals surface area contributed by atoms with Gasteiger partial charge >= 0.3 is 0 Å².